The molecule has 2 bridgehead atoms. The van der Waals surface area contributed by atoms with E-state index < -0.39 is 0 Å². The first-order valence-electron chi connectivity index (χ1n) is 16.3. The Morgan fingerprint density at radius 1 is 0.957 bits per heavy atom. The number of para-hydroxylation sites is 2. The third-order valence-corrected chi connectivity index (χ3v) is 10.4. The number of hydrogen-bond donors (Lipinski definition) is 1. The average Bonchev–Trinajstić information content (AvgIpc) is 3.09. The first kappa shape index (κ1) is 29.8. The normalized spacial score (nSPS) is 21.5. The minimum absolute atomic E-state index is 0.00349. The van der Waals surface area contributed by atoms with Gasteiger partial charge in [-0.3, -0.25) is 10.1 Å². The summed E-state index contributed by atoms with van der Waals surface area (Å²) in [6, 6.07) is 28.8. The highest BCUT2D eigenvalue weighted by Crippen LogP contribution is 2.58. The molecule has 1 heterocycles. The standard InChI is InChI=1S/C38H39N3O5/c1-26-29-22-34-30-16-10-11-19-38(30,20-21-40(34)37(42)46-25-28-14-6-3-7-15-28)31(29)23-35(45-24-27-12-4-2-5-13-27)36(26)39-32-17-8-9-18-33(32)41(43)44/h2-9,12-15,17-18,23,30,34,39H,10-11,16,19-22,24-25H2,1H3/t30-,34+,38+/m0/s1. The molecule has 0 spiro atoms. The number of piperidine rings is 1. The first-order chi connectivity index (χ1) is 22.4. The zero-order chi connectivity index (χ0) is 31.7. The Hall–Kier alpha value is -4.85. The molecule has 1 amide bonds. The van der Waals surface area contributed by atoms with Crippen molar-refractivity contribution in [1.82, 2.24) is 4.90 Å². The van der Waals surface area contributed by atoms with Gasteiger partial charge >= 0.3 is 6.09 Å². The fraction of sp³-hybridized carbons (Fsp3) is 0.342. The van der Waals surface area contributed by atoms with Crippen LogP contribution in [0.25, 0.3) is 0 Å². The number of ether oxygens (including phenoxy) is 2. The molecule has 0 aromatic heterocycles. The van der Waals surface area contributed by atoms with E-state index in [0.717, 1.165) is 54.5 Å². The summed E-state index contributed by atoms with van der Waals surface area (Å²) in [6.07, 6.45) is 5.77. The molecular weight excluding hydrogens is 578 g/mol. The van der Waals surface area contributed by atoms with Crippen LogP contribution in [0.2, 0.25) is 0 Å². The fourth-order valence-electron chi connectivity index (χ4n) is 8.21. The van der Waals surface area contributed by atoms with Gasteiger partial charge in [-0.2, -0.15) is 0 Å². The molecule has 8 heteroatoms. The third-order valence-electron chi connectivity index (χ3n) is 10.4. The summed E-state index contributed by atoms with van der Waals surface area (Å²) in [5.41, 5.74) is 6.64. The van der Waals surface area contributed by atoms with E-state index in [-0.39, 0.29) is 34.8 Å². The number of carbonyl (C=O) groups is 1. The molecule has 4 aromatic rings. The molecule has 3 aliphatic rings. The zero-order valence-electron chi connectivity index (χ0n) is 26.1. The van der Waals surface area contributed by atoms with Crippen LogP contribution < -0.4 is 10.1 Å². The van der Waals surface area contributed by atoms with E-state index in [1.54, 1.807) is 18.2 Å². The number of likely N-dealkylation sites (tertiary alicyclic amines) is 1. The van der Waals surface area contributed by atoms with Gasteiger partial charge in [0.15, 0.2) is 0 Å². The molecular formula is C38H39N3O5. The molecule has 4 aromatic carbocycles. The lowest BCUT2D eigenvalue weighted by Gasteiger charge is -2.59. The van der Waals surface area contributed by atoms with Gasteiger partial charge in [0.2, 0.25) is 0 Å². The molecule has 1 aliphatic heterocycles. The van der Waals surface area contributed by atoms with Gasteiger partial charge < -0.3 is 19.7 Å². The Balaban J connectivity index is 1.28. The largest absolute Gasteiger partial charge is 0.487 e. The molecule has 46 heavy (non-hydrogen) atoms. The van der Waals surface area contributed by atoms with E-state index in [2.05, 4.69) is 18.3 Å². The quantitative estimate of drug-likeness (QED) is 0.157. The maximum Gasteiger partial charge on any atom is 0.410 e. The van der Waals surface area contributed by atoms with Crippen molar-refractivity contribution in [1.29, 1.82) is 0 Å². The van der Waals surface area contributed by atoms with Crippen molar-refractivity contribution in [2.45, 2.75) is 70.1 Å². The molecule has 1 saturated carbocycles. The smallest absolute Gasteiger partial charge is 0.410 e. The van der Waals surface area contributed by atoms with Crippen LogP contribution in [-0.4, -0.2) is 28.5 Å². The number of amides is 1. The van der Waals surface area contributed by atoms with Crippen molar-refractivity contribution in [2.24, 2.45) is 5.92 Å². The molecule has 2 aliphatic carbocycles. The number of rotatable bonds is 8. The van der Waals surface area contributed by atoms with Crippen molar-refractivity contribution in [3.8, 4) is 5.75 Å². The summed E-state index contributed by atoms with van der Waals surface area (Å²) in [4.78, 5) is 27.2. The predicted molar refractivity (Wildman–Crippen MR) is 177 cm³/mol. The Labute approximate surface area is 269 Å². The SMILES string of the molecule is Cc1c2c(cc(OCc3ccccc3)c1Nc1ccccc1[N+](=O)[O-])[C@@]13CCCC[C@H]1[C@@H](C2)N(C(=O)OCc1ccccc1)CC3. The summed E-state index contributed by atoms with van der Waals surface area (Å²) in [5, 5.41) is 15.4. The number of fused-ring (bicyclic) bond motifs is 1. The predicted octanol–water partition coefficient (Wildman–Crippen LogP) is 8.62. The highest BCUT2D eigenvalue weighted by atomic mass is 16.6. The molecule has 3 atom stereocenters. The van der Waals surface area contributed by atoms with E-state index in [9.17, 15) is 14.9 Å². The maximum absolute atomic E-state index is 13.6. The van der Waals surface area contributed by atoms with Gasteiger partial charge in [-0.15, -0.1) is 0 Å². The molecule has 1 N–H and O–H groups in total. The molecule has 0 unspecified atom stereocenters. The minimum Gasteiger partial charge on any atom is -0.487 e. The second kappa shape index (κ2) is 12.5. The lowest BCUT2D eigenvalue weighted by Crippen LogP contribution is -2.62. The number of anilines is 2. The fourth-order valence-corrected chi connectivity index (χ4v) is 8.21. The molecule has 2 fully saturated rings. The lowest BCUT2D eigenvalue weighted by atomic mass is 9.52. The van der Waals surface area contributed by atoms with Crippen LogP contribution in [0.4, 0.5) is 21.9 Å². The Morgan fingerprint density at radius 2 is 1.65 bits per heavy atom. The van der Waals surface area contributed by atoms with Gasteiger partial charge in [0.25, 0.3) is 5.69 Å². The van der Waals surface area contributed by atoms with Gasteiger partial charge in [0.05, 0.1) is 10.6 Å². The molecule has 0 radical (unpaired) electrons. The maximum atomic E-state index is 13.6. The average molecular weight is 618 g/mol. The van der Waals surface area contributed by atoms with Crippen LogP contribution in [0.1, 0.15) is 59.9 Å². The molecule has 7 rings (SSSR count). The second-order valence-electron chi connectivity index (χ2n) is 12.8. The lowest BCUT2D eigenvalue weighted by molar-refractivity contribution is -0.383. The van der Waals surface area contributed by atoms with Crippen molar-refractivity contribution >= 4 is 23.2 Å². The Morgan fingerprint density at radius 3 is 2.39 bits per heavy atom. The highest BCUT2D eigenvalue weighted by Gasteiger charge is 2.55. The Kier molecular flexibility index (Phi) is 8.11. The van der Waals surface area contributed by atoms with E-state index in [1.807, 2.05) is 65.6 Å². The summed E-state index contributed by atoms with van der Waals surface area (Å²) in [6.45, 7) is 3.37. The Bertz CT molecular complexity index is 1740. The van der Waals surface area contributed by atoms with Crippen LogP contribution in [0.3, 0.4) is 0 Å². The van der Waals surface area contributed by atoms with Crippen molar-refractivity contribution in [3.05, 3.63) is 129 Å². The van der Waals surface area contributed by atoms with Crippen LogP contribution in [0, 0.1) is 23.0 Å². The van der Waals surface area contributed by atoms with Gasteiger partial charge in [0.1, 0.15) is 24.7 Å². The summed E-state index contributed by atoms with van der Waals surface area (Å²) in [7, 11) is 0. The second-order valence-corrected chi connectivity index (χ2v) is 12.8. The van der Waals surface area contributed by atoms with Crippen molar-refractivity contribution in [2.75, 3.05) is 11.9 Å². The number of nitro groups is 1. The number of benzene rings is 4. The van der Waals surface area contributed by atoms with Gasteiger partial charge in [-0.05, 0) is 78.5 Å². The number of nitrogens with one attached hydrogen (secondary N) is 1. The summed E-state index contributed by atoms with van der Waals surface area (Å²) < 4.78 is 12.5. The van der Waals surface area contributed by atoms with Crippen molar-refractivity contribution < 1.29 is 19.2 Å². The van der Waals surface area contributed by atoms with E-state index >= 15 is 0 Å². The van der Waals surface area contributed by atoms with E-state index in [0.29, 0.717) is 36.9 Å². The highest BCUT2D eigenvalue weighted by molar-refractivity contribution is 5.78. The van der Waals surface area contributed by atoms with E-state index in [1.165, 1.54) is 17.2 Å². The minimum atomic E-state index is -0.366. The number of nitrogens with zero attached hydrogens (tertiary/aromatic N) is 2. The van der Waals surface area contributed by atoms with Crippen LogP contribution in [0.15, 0.2) is 91.0 Å². The van der Waals surface area contributed by atoms with E-state index in [4.69, 9.17) is 9.47 Å². The van der Waals surface area contributed by atoms with Crippen LogP contribution in [0.5, 0.6) is 5.75 Å². The monoisotopic (exact) mass is 617 g/mol. The first-order valence-corrected chi connectivity index (χ1v) is 16.3. The van der Waals surface area contributed by atoms with Crippen LogP contribution >= 0.6 is 0 Å². The molecule has 236 valence electrons. The number of carbonyl (C=O) groups excluding carboxylic acids is 1. The zero-order valence-corrected chi connectivity index (χ0v) is 26.1. The molecule has 8 nitrogen and oxygen atoms in total. The van der Waals surface area contributed by atoms with Gasteiger partial charge in [-0.25, -0.2) is 4.79 Å². The van der Waals surface area contributed by atoms with Crippen LogP contribution in [-0.2, 0) is 29.8 Å². The molecule has 1 saturated heterocycles. The number of nitro benzene ring substituents is 1. The number of hydrogen-bond acceptors (Lipinski definition) is 6. The summed E-state index contributed by atoms with van der Waals surface area (Å²) >= 11 is 0. The van der Waals surface area contributed by atoms with Gasteiger partial charge in [-0.1, -0.05) is 85.6 Å². The topological polar surface area (TPSA) is 93.9 Å². The van der Waals surface area contributed by atoms with Crippen molar-refractivity contribution in [3.63, 3.8) is 0 Å². The summed E-state index contributed by atoms with van der Waals surface area (Å²) in [5.74, 6) is 1.03. The van der Waals surface area contributed by atoms with Gasteiger partial charge in [0, 0.05) is 24.1 Å². The third kappa shape index (κ3) is 5.46.